The van der Waals surface area contributed by atoms with E-state index in [0.29, 0.717) is 0 Å². The molecule has 3 heterocycles. The Morgan fingerprint density at radius 3 is 1.81 bits per heavy atom. The van der Waals surface area contributed by atoms with Crippen molar-refractivity contribution in [3.05, 3.63) is 0 Å². The molecule has 16 heteroatoms. The Kier molecular flexibility index (Phi) is 9.97. The number of carbonyl (C=O) groups is 1. The number of nitrogens with one attached hydrogen (secondary N) is 1. The van der Waals surface area contributed by atoms with Gasteiger partial charge in [-0.15, -0.1) is 0 Å². The summed E-state index contributed by atoms with van der Waals surface area (Å²) in [7, 11) is 0. The maximum atomic E-state index is 11.8. The summed E-state index contributed by atoms with van der Waals surface area (Å²) in [4.78, 5) is 11.8. The van der Waals surface area contributed by atoms with Gasteiger partial charge >= 0.3 is 0 Å². The first-order valence-corrected chi connectivity index (χ1v) is 11.4. The summed E-state index contributed by atoms with van der Waals surface area (Å²) in [6.45, 7) is 1.00. The van der Waals surface area contributed by atoms with E-state index in [0.717, 1.165) is 6.92 Å². The van der Waals surface area contributed by atoms with Crippen LogP contribution in [-0.4, -0.2) is 157 Å². The van der Waals surface area contributed by atoms with E-state index < -0.39 is 111 Å². The van der Waals surface area contributed by atoms with E-state index in [4.69, 9.17) is 23.7 Å². The molecule has 3 rings (SSSR count). The van der Waals surface area contributed by atoms with Crippen LogP contribution in [0.15, 0.2) is 0 Å². The SMILES string of the molecule is CC(=O)N[C@@H]1[C@@H](O[C@@H]2O[C@H](CO)[C@H](O)[C@H](O)[C@H]2O)[C@H](O[C@@H]2O[C@@H](C)[C@@H](O)[C@@H](O)[C@@H]2O)[C@@H](CO)O[C@@H]1O. The van der Waals surface area contributed by atoms with E-state index in [1.165, 1.54) is 6.92 Å². The molecule has 10 N–H and O–H groups in total. The quantitative estimate of drug-likeness (QED) is 0.147. The van der Waals surface area contributed by atoms with Crippen LogP contribution in [-0.2, 0) is 28.5 Å². The highest BCUT2D eigenvalue weighted by Crippen LogP contribution is 2.32. The van der Waals surface area contributed by atoms with Crippen molar-refractivity contribution in [1.82, 2.24) is 5.32 Å². The summed E-state index contributed by atoms with van der Waals surface area (Å²) in [6, 6.07) is -1.42. The van der Waals surface area contributed by atoms with Crippen molar-refractivity contribution in [3.8, 4) is 0 Å². The largest absolute Gasteiger partial charge is 0.394 e. The molecule has 3 saturated heterocycles. The maximum Gasteiger partial charge on any atom is 0.217 e. The molecule has 3 aliphatic heterocycles. The molecule has 0 unspecified atom stereocenters. The summed E-state index contributed by atoms with van der Waals surface area (Å²) in [5.41, 5.74) is 0. The third-order valence-electron chi connectivity index (χ3n) is 6.45. The van der Waals surface area contributed by atoms with Crippen LogP contribution in [0.1, 0.15) is 13.8 Å². The van der Waals surface area contributed by atoms with Crippen LogP contribution in [0.2, 0.25) is 0 Å². The van der Waals surface area contributed by atoms with Gasteiger partial charge in [-0.05, 0) is 6.92 Å². The predicted molar refractivity (Wildman–Crippen MR) is 111 cm³/mol. The van der Waals surface area contributed by atoms with E-state index in [1.54, 1.807) is 0 Å². The lowest BCUT2D eigenvalue weighted by Crippen LogP contribution is -2.69. The summed E-state index contributed by atoms with van der Waals surface area (Å²) >= 11 is 0. The van der Waals surface area contributed by atoms with Gasteiger partial charge in [-0.25, -0.2) is 0 Å². The highest BCUT2D eigenvalue weighted by molar-refractivity contribution is 5.73. The van der Waals surface area contributed by atoms with Crippen LogP contribution in [0.25, 0.3) is 0 Å². The first-order chi connectivity index (χ1) is 16.9. The van der Waals surface area contributed by atoms with Crippen molar-refractivity contribution in [2.75, 3.05) is 13.2 Å². The van der Waals surface area contributed by atoms with E-state index in [1.807, 2.05) is 0 Å². The number of aliphatic hydroxyl groups excluding tert-OH is 9. The number of ether oxygens (including phenoxy) is 5. The highest BCUT2D eigenvalue weighted by atomic mass is 16.7. The molecule has 0 aromatic carbocycles. The Morgan fingerprint density at radius 2 is 1.25 bits per heavy atom. The second-order valence-electron chi connectivity index (χ2n) is 9.05. The van der Waals surface area contributed by atoms with Crippen molar-refractivity contribution < 1.29 is 74.4 Å². The van der Waals surface area contributed by atoms with Crippen molar-refractivity contribution >= 4 is 5.91 Å². The smallest absolute Gasteiger partial charge is 0.217 e. The Labute approximate surface area is 205 Å². The summed E-state index contributed by atoms with van der Waals surface area (Å²) in [5, 5.41) is 93.2. The lowest BCUT2D eigenvalue weighted by molar-refractivity contribution is -0.370. The van der Waals surface area contributed by atoms with Gasteiger partial charge in [0.15, 0.2) is 18.9 Å². The Balaban J connectivity index is 1.92. The lowest BCUT2D eigenvalue weighted by Gasteiger charge is -2.49. The third kappa shape index (κ3) is 5.97. The zero-order chi connectivity index (χ0) is 26.9. The Hall–Kier alpha value is -1.09. The van der Waals surface area contributed by atoms with Gasteiger partial charge in [0.1, 0.15) is 67.1 Å². The summed E-state index contributed by atoms with van der Waals surface area (Å²) in [6.07, 6.45) is -22.0. The number of rotatable bonds is 7. The molecule has 0 radical (unpaired) electrons. The van der Waals surface area contributed by atoms with Crippen LogP contribution < -0.4 is 5.32 Å². The van der Waals surface area contributed by atoms with Gasteiger partial charge in [-0.2, -0.15) is 0 Å². The summed E-state index contributed by atoms with van der Waals surface area (Å²) in [5.74, 6) is -0.646. The molecule has 0 spiro atoms. The highest BCUT2D eigenvalue weighted by Gasteiger charge is 2.54. The van der Waals surface area contributed by atoms with E-state index in [-0.39, 0.29) is 0 Å². The molecule has 36 heavy (non-hydrogen) atoms. The van der Waals surface area contributed by atoms with Crippen LogP contribution in [0.5, 0.6) is 0 Å². The van der Waals surface area contributed by atoms with Crippen molar-refractivity contribution in [2.24, 2.45) is 0 Å². The molecule has 16 nitrogen and oxygen atoms in total. The molecule has 3 aliphatic rings. The number of amides is 1. The minimum absolute atomic E-state index is 0.646. The fraction of sp³-hybridized carbons (Fsp3) is 0.950. The van der Waals surface area contributed by atoms with Crippen molar-refractivity contribution in [3.63, 3.8) is 0 Å². The second-order valence-corrected chi connectivity index (χ2v) is 9.05. The van der Waals surface area contributed by atoms with Gasteiger partial charge < -0.3 is 75.0 Å². The van der Waals surface area contributed by atoms with Gasteiger partial charge in [0, 0.05) is 6.92 Å². The second kappa shape index (κ2) is 12.2. The van der Waals surface area contributed by atoms with Crippen LogP contribution in [0.4, 0.5) is 0 Å². The standard InChI is InChI=1S/C20H35NO15/c1-5-10(25)12(27)14(29)19(32-5)35-16-8(4-23)33-18(31)9(21-6(2)24)17(16)36-20-15(30)13(28)11(26)7(3-22)34-20/h5,7-20,22-23,25-31H,3-4H2,1-2H3,(H,21,24)/t5-,7+,8+,9+,10+,11-,12+,13-,14-,15+,16+,17+,18-,19-,20-/m0/s1. The third-order valence-corrected chi connectivity index (χ3v) is 6.45. The van der Waals surface area contributed by atoms with Crippen LogP contribution in [0.3, 0.4) is 0 Å². The van der Waals surface area contributed by atoms with Crippen molar-refractivity contribution in [1.29, 1.82) is 0 Å². The van der Waals surface area contributed by atoms with Crippen LogP contribution in [0, 0.1) is 0 Å². The average Bonchev–Trinajstić information content (AvgIpc) is 2.84. The first-order valence-electron chi connectivity index (χ1n) is 11.4. The molecule has 0 saturated carbocycles. The van der Waals surface area contributed by atoms with Gasteiger partial charge in [-0.1, -0.05) is 0 Å². The van der Waals surface area contributed by atoms with Gasteiger partial charge in [-0.3, -0.25) is 4.79 Å². The molecule has 0 aromatic heterocycles. The molecular formula is C20H35NO15. The van der Waals surface area contributed by atoms with E-state index in [9.17, 15) is 50.8 Å². The van der Waals surface area contributed by atoms with Crippen molar-refractivity contribution in [2.45, 2.75) is 106 Å². The number of hydrogen-bond donors (Lipinski definition) is 10. The molecule has 210 valence electrons. The zero-order valence-electron chi connectivity index (χ0n) is 19.5. The zero-order valence-corrected chi connectivity index (χ0v) is 19.5. The minimum atomic E-state index is -1.86. The predicted octanol–water partition coefficient (Wildman–Crippen LogP) is -6.40. The van der Waals surface area contributed by atoms with E-state index in [2.05, 4.69) is 5.32 Å². The number of hydrogen-bond acceptors (Lipinski definition) is 15. The maximum absolute atomic E-state index is 11.8. The monoisotopic (exact) mass is 529 g/mol. The average molecular weight is 529 g/mol. The Morgan fingerprint density at radius 1 is 0.722 bits per heavy atom. The topological polar surface area (TPSA) is 257 Å². The van der Waals surface area contributed by atoms with E-state index >= 15 is 0 Å². The molecule has 15 atom stereocenters. The summed E-state index contributed by atoms with van der Waals surface area (Å²) < 4.78 is 27.7. The van der Waals surface area contributed by atoms with Gasteiger partial charge in [0.25, 0.3) is 0 Å². The normalized spacial score (nSPS) is 50.0. The van der Waals surface area contributed by atoms with Gasteiger partial charge in [0.2, 0.25) is 5.91 Å². The van der Waals surface area contributed by atoms with Crippen LogP contribution >= 0.6 is 0 Å². The molecule has 0 bridgehead atoms. The number of aliphatic hydroxyl groups is 9. The van der Waals surface area contributed by atoms with Gasteiger partial charge in [0.05, 0.1) is 19.3 Å². The lowest BCUT2D eigenvalue weighted by atomic mass is 9.94. The minimum Gasteiger partial charge on any atom is -0.394 e. The fourth-order valence-electron chi connectivity index (χ4n) is 4.40. The molecule has 1 amide bonds. The molecular weight excluding hydrogens is 494 g/mol. The Bertz CT molecular complexity index is 729. The molecule has 3 fully saturated rings. The molecule has 0 aromatic rings. The first kappa shape index (κ1) is 29.5. The number of carbonyl (C=O) groups excluding carboxylic acids is 1. The fourth-order valence-corrected chi connectivity index (χ4v) is 4.40. The molecule has 0 aliphatic carbocycles.